The van der Waals surface area contributed by atoms with Crippen LogP contribution in [0.1, 0.15) is 5.56 Å². The van der Waals surface area contributed by atoms with E-state index in [4.69, 9.17) is 0 Å². The lowest BCUT2D eigenvalue weighted by atomic mass is 10.2. The first kappa shape index (κ1) is 18.4. The first-order chi connectivity index (χ1) is 12.0. The van der Waals surface area contributed by atoms with Crippen LogP contribution in [-0.4, -0.2) is 32.4 Å². The Balaban J connectivity index is 2.06. The molecule has 0 aliphatic heterocycles. The van der Waals surface area contributed by atoms with Gasteiger partial charge in [-0.05, 0) is 35.9 Å². The van der Waals surface area contributed by atoms with E-state index >= 15 is 0 Å². The number of allylic oxidation sites excluding steroid dienone is 2. The van der Waals surface area contributed by atoms with Gasteiger partial charge < -0.3 is 9.55 Å². The summed E-state index contributed by atoms with van der Waals surface area (Å²) in [5.41, 5.74) is 2.09. The van der Waals surface area contributed by atoms with Crippen molar-refractivity contribution in [2.75, 3.05) is 19.0 Å². The van der Waals surface area contributed by atoms with Crippen molar-refractivity contribution in [2.45, 2.75) is 0 Å². The van der Waals surface area contributed by atoms with Crippen molar-refractivity contribution in [2.24, 2.45) is 4.99 Å². The fourth-order valence-electron chi connectivity index (χ4n) is 1.92. The minimum absolute atomic E-state index is 0.207. The van der Waals surface area contributed by atoms with Crippen molar-refractivity contribution >= 4 is 30.9 Å². The standard InChI is InChI=1S/C18H18BF2N3O/c1-24(2)16-12-10-15(11-13-16)7-3-4-9-18(25-19(20)21)23-17-8-5-6-14-22-17/h3-14H,1-2H3/b7-3+,9-4+,23-18+. The summed E-state index contributed by atoms with van der Waals surface area (Å²) in [5, 5.41) is 0. The molecule has 0 aliphatic carbocycles. The molecular weight excluding hydrogens is 323 g/mol. The van der Waals surface area contributed by atoms with E-state index in [0.717, 1.165) is 11.3 Å². The molecule has 1 aromatic carbocycles. The Kier molecular flexibility index (Phi) is 6.89. The molecule has 0 amide bonds. The number of hydrogen-bond donors (Lipinski definition) is 0. The van der Waals surface area contributed by atoms with Gasteiger partial charge in [0.2, 0.25) is 5.90 Å². The maximum Gasteiger partial charge on any atom is 0.797 e. The summed E-state index contributed by atoms with van der Waals surface area (Å²) in [6, 6.07) is 13.0. The summed E-state index contributed by atoms with van der Waals surface area (Å²) in [4.78, 5) is 9.92. The molecular formula is C18H18BF2N3O. The first-order valence-corrected chi connectivity index (χ1v) is 7.61. The van der Waals surface area contributed by atoms with Gasteiger partial charge in [0.05, 0.1) is 0 Å². The Morgan fingerprint density at radius 1 is 1.12 bits per heavy atom. The van der Waals surface area contributed by atoms with Gasteiger partial charge in [-0.3, -0.25) is 0 Å². The van der Waals surface area contributed by atoms with E-state index in [1.807, 2.05) is 49.3 Å². The van der Waals surface area contributed by atoms with Gasteiger partial charge in [-0.15, -0.1) is 0 Å². The van der Waals surface area contributed by atoms with Crippen molar-refractivity contribution in [3.8, 4) is 0 Å². The highest BCUT2D eigenvalue weighted by atomic mass is 19.2. The summed E-state index contributed by atoms with van der Waals surface area (Å²) in [5.74, 6) is 0.0901. The van der Waals surface area contributed by atoms with Gasteiger partial charge in [-0.2, -0.15) is 4.99 Å². The summed E-state index contributed by atoms with van der Waals surface area (Å²) in [7, 11) is 0.993. The van der Waals surface area contributed by atoms with Crippen molar-refractivity contribution in [1.29, 1.82) is 0 Å². The zero-order valence-electron chi connectivity index (χ0n) is 14.0. The molecule has 0 atom stereocenters. The molecule has 0 radical (unpaired) electrons. The van der Waals surface area contributed by atoms with Crippen molar-refractivity contribution in [3.63, 3.8) is 0 Å². The fraction of sp³-hybridized carbons (Fsp3) is 0.111. The average Bonchev–Trinajstić information content (AvgIpc) is 2.59. The van der Waals surface area contributed by atoms with Gasteiger partial charge in [0.15, 0.2) is 5.82 Å². The lowest BCUT2D eigenvalue weighted by Crippen LogP contribution is -2.11. The van der Waals surface area contributed by atoms with Gasteiger partial charge in [0, 0.05) is 26.0 Å². The van der Waals surface area contributed by atoms with Crippen LogP contribution in [0.3, 0.4) is 0 Å². The number of pyridine rings is 1. The predicted octanol–water partition coefficient (Wildman–Crippen LogP) is 4.39. The van der Waals surface area contributed by atoms with Crippen LogP contribution in [0.4, 0.5) is 20.1 Å². The van der Waals surface area contributed by atoms with Crippen LogP contribution < -0.4 is 4.90 Å². The van der Waals surface area contributed by atoms with Crippen LogP contribution in [0.15, 0.2) is 71.9 Å². The maximum atomic E-state index is 12.5. The third-order valence-electron chi connectivity index (χ3n) is 3.13. The number of hydrogen-bond acceptors (Lipinski definition) is 4. The molecule has 0 saturated heterocycles. The molecule has 0 bridgehead atoms. The van der Waals surface area contributed by atoms with Gasteiger partial charge in [-0.25, -0.2) is 13.6 Å². The van der Waals surface area contributed by atoms with E-state index in [1.165, 1.54) is 12.3 Å². The average molecular weight is 341 g/mol. The van der Waals surface area contributed by atoms with E-state index in [9.17, 15) is 8.63 Å². The molecule has 1 heterocycles. The molecule has 2 rings (SSSR count). The Labute approximate surface area is 146 Å². The SMILES string of the molecule is CN(C)c1ccc(/C=C/C=C/C(=N\c2ccccn2)OB(F)F)cc1. The largest absolute Gasteiger partial charge is 0.797 e. The van der Waals surface area contributed by atoms with Crippen LogP contribution in [0.2, 0.25) is 0 Å². The molecule has 0 fully saturated rings. The predicted molar refractivity (Wildman–Crippen MR) is 99.3 cm³/mol. The Hall–Kier alpha value is -2.96. The Morgan fingerprint density at radius 3 is 2.48 bits per heavy atom. The molecule has 0 aliphatic rings. The number of anilines is 1. The number of rotatable bonds is 6. The number of halogens is 2. The molecule has 1 aromatic heterocycles. The molecule has 2 aromatic rings. The normalized spacial score (nSPS) is 11.9. The van der Waals surface area contributed by atoms with E-state index in [0.29, 0.717) is 5.82 Å². The molecule has 0 spiro atoms. The number of nitrogens with zero attached hydrogens (tertiary/aromatic N) is 3. The van der Waals surface area contributed by atoms with Crippen LogP contribution in [0.5, 0.6) is 0 Å². The van der Waals surface area contributed by atoms with Gasteiger partial charge in [-0.1, -0.05) is 36.4 Å². The summed E-state index contributed by atoms with van der Waals surface area (Å²) >= 11 is 0. The second kappa shape index (κ2) is 9.37. The number of benzene rings is 1. The Bertz CT molecular complexity index is 745. The zero-order valence-corrected chi connectivity index (χ0v) is 14.0. The third kappa shape index (κ3) is 6.59. The quantitative estimate of drug-likeness (QED) is 0.339. The smallest absolute Gasteiger partial charge is 0.491 e. The lowest BCUT2D eigenvalue weighted by molar-refractivity contribution is 0.421. The van der Waals surface area contributed by atoms with Crippen molar-refractivity contribution in [1.82, 2.24) is 4.98 Å². The van der Waals surface area contributed by atoms with E-state index in [-0.39, 0.29) is 5.90 Å². The maximum absolute atomic E-state index is 12.5. The monoisotopic (exact) mass is 341 g/mol. The molecule has 0 N–H and O–H groups in total. The molecule has 4 nitrogen and oxygen atoms in total. The van der Waals surface area contributed by atoms with Crippen molar-refractivity contribution < 1.29 is 13.3 Å². The van der Waals surface area contributed by atoms with Crippen LogP contribution in [-0.2, 0) is 4.65 Å². The van der Waals surface area contributed by atoms with E-state index in [2.05, 4.69) is 14.6 Å². The first-order valence-electron chi connectivity index (χ1n) is 7.61. The van der Waals surface area contributed by atoms with Gasteiger partial charge in [0.25, 0.3) is 0 Å². The lowest BCUT2D eigenvalue weighted by Gasteiger charge is -2.11. The molecule has 128 valence electrons. The number of aliphatic imine (C=N–C) groups is 1. The minimum Gasteiger partial charge on any atom is -0.491 e. The summed E-state index contributed by atoms with van der Waals surface area (Å²) in [6.45, 7) is 0. The topological polar surface area (TPSA) is 37.7 Å². The van der Waals surface area contributed by atoms with Crippen LogP contribution in [0, 0.1) is 0 Å². The van der Waals surface area contributed by atoms with E-state index in [1.54, 1.807) is 30.4 Å². The summed E-state index contributed by atoms with van der Waals surface area (Å²) in [6.07, 6.45) is 8.07. The molecule has 0 unspecified atom stereocenters. The summed E-state index contributed by atoms with van der Waals surface area (Å²) < 4.78 is 29.4. The fourth-order valence-corrected chi connectivity index (χ4v) is 1.92. The second-order valence-electron chi connectivity index (χ2n) is 5.22. The minimum atomic E-state index is -2.95. The van der Waals surface area contributed by atoms with Crippen LogP contribution in [0.25, 0.3) is 6.08 Å². The number of aromatic nitrogens is 1. The second-order valence-corrected chi connectivity index (χ2v) is 5.22. The highest BCUT2D eigenvalue weighted by Gasteiger charge is 2.18. The molecule has 25 heavy (non-hydrogen) atoms. The van der Waals surface area contributed by atoms with Crippen LogP contribution >= 0.6 is 0 Å². The highest BCUT2D eigenvalue weighted by molar-refractivity contribution is 6.38. The Morgan fingerprint density at radius 2 is 1.88 bits per heavy atom. The highest BCUT2D eigenvalue weighted by Crippen LogP contribution is 2.13. The van der Waals surface area contributed by atoms with Gasteiger partial charge >= 0.3 is 7.47 Å². The van der Waals surface area contributed by atoms with E-state index < -0.39 is 7.47 Å². The molecule has 0 saturated carbocycles. The van der Waals surface area contributed by atoms with Gasteiger partial charge in [0.1, 0.15) is 0 Å². The molecule has 7 heteroatoms. The third-order valence-corrected chi connectivity index (χ3v) is 3.13. The zero-order chi connectivity index (χ0) is 18.1. The van der Waals surface area contributed by atoms with Crippen molar-refractivity contribution in [3.05, 3.63) is 72.5 Å².